The standard InChI is InChI=1S/C14H17F2N3O3/c1-2-22-14(21)19-7-5-18(6-8-19)13(20)17-12-4-3-10(15)9-11(12)16/h3-4,9H,2,5-8H2,1H3,(H,17,20). The molecule has 22 heavy (non-hydrogen) atoms. The molecule has 0 spiro atoms. The third-order valence-corrected chi connectivity index (χ3v) is 3.27. The van der Waals surface area contributed by atoms with Gasteiger partial charge < -0.3 is 19.9 Å². The molecule has 1 aliphatic heterocycles. The van der Waals surface area contributed by atoms with Crippen LogP contribution in [0.3, 0.4) is 0 Å². The van der Waals surface area contributed by atoms with Crippen LogP contribution in [0, 0.1) is 11.6 Å². The molecule has 0 radical (unpaired) electrons. The molecule has 1 aromatic rings. The number of anilines is 1. The lowest BCUT2D eigenvalue weighted by molar-refractivity contribution is 0.0868. The van der Waals surface area contributed by atoms with Crippen molar-refractivity contribution in [2.75, 3.05) is 38.1 Å². The third-order valence-electron chi connectivity index (χ3n) is 3.27. The van der Waals surface area contributed by atoms with E-state index >= 15 is 0 Å². The molecule has 0 aromatic heterocycles. The zero-order valence-corrected chi connectivity index (χ0v) is 12.1. The molecule has 120 valence electrons. The number of hydrogen-bond acceptors (Lipinski definition) is 3. The lowest BCUT2D eigenvalue weighted by Crippen LogP contribution is -2.51. The van der Waals surface area contributed by atoms with Crippen molar-refractivity contribution in [3.05, 3.63) is 29.8 Å². The normalized spacial score (nSPS) is 14.7. The topological polar surface area (TPSA) is 61.9 Å². The van der Waals surface area contributed by atoms with Crippen LogP contribution in [0.2, 0.25) is 0 Å². The highest BCUT2D eigenvalue weighted by molar-refractivity contribution is 5.89. The second-order valence-corrected chi connectivity index (χ2v) is 4.73. The number of rotatable bonds is 2. The van der Waals surface area contributed by atoms with E-state index in [0.717, 1.165) is 12.1 Å². The molecular formula is C14H17F2N3O3. The summed E-state index contributed by atoms with van der Waals surface area (Å²) >= 11 is 0. The number of hydrogen-bond donors (Lipinski definition) is 1. The Bertz CT molecular complexity index is 560. The van der Waals surface area contributed by atoms with Crippen LogP contribution in [-0.4, -0.2) is 54.7 Å². The molecule has 8 heteroatoms. The number of nitrogens with zero attached hydrogens (tertiary/aromatic N) is 2. The van der Waals surface area contributed by atoms with Crippen molar-refractivity contribution >= 4 is 17.8 Å². The predicted molar refractivity (Wildman–Crippen MR) is 75.5 cm³/mol. The third kappa shape index (κ3) is 3.84. The number of carbonyl (C=O) groups is 2. The van der Waals surface area contributed by atoms with Gasteiger partial charge in [0.2, 0.25) is 0 Å². The van der Waals surface area contributed by atoms with Gasteiger partial charge in [0.15, 0.2) is 0 Å². The maximum Gasteiger partial charge on any atom is 0.409 e. The molecule has 1 fully saturated rings. The van der Waals surface area contributed by atoms with E-state index in [4.69, 9.17) is 4.74 Å². The van der Waals surface area contributed by atoms with E-state index in [0.29, 0.717) is 38.9 Å². The number of amides is 3. The molecule has 0 unspecified atom stereocenters. The molecule has 0 bridgehead atoms. The average molecular weight is 313 g/mol. The number of urea groups is 1. The van der Waals surface area contributed by atoms with Crippen LogP contribution in [0.1, 0.15) is 6.92 Å². The average Bonchev–Trinajstić information content (AvgIpc) is 2.50. The monoisotopic (exact) mass is 313 g/mol. The van der Waals surface area contributed by atoms with E-state index in [1.165, 1.54) is 9.80 Å². The van der Waals surface area contributed by atoms with Crippen LogP contribution in [-0.2, 0) is 4.74 Å². The highest BCUT2D eigenvalue weighted by atomic mass is 19.1. The van der Waals surface area contributed by atoms with Crippen molar-refractivity contribution < 1.29 is 23.1 Å². The van der Waals surface area contributed by atoms with Crippen molar-refractivity contribution in [2.45, 2.75) is 6.92 Å². The summed E-state index contributed by atoms with van der Waals surface area (Å²) in [5.41, 5.74) is -0.0841. The van der Waals surface area contributed by atoms with Gasteiger partial charge in [0, 0.05) is 32.2 Å². The molecule has 3 amide bonds. The maximum absolute atomic E-state index is 13.5. The van der Waals surface area contributed by atoms with Gasteiger partial charge in [-0.25, -0.2) is 18.4 Å². The molecule has 0 saturated carbocycles. The molecule has 1 N–H and O–H groups in total. The molecule has 2 rings (SSSR count). The number of carbonyl (C=O) groups excluding carboxylic acids is 2. The minimum Gasteiger partial charge on any atom is -0.450 e. The highest BCUT2D eigenvalue weighted by Crippen LogP contribution is 2.16. The Kier molecular flexibility index (Phi) is 5.13. The quantitative estimate of drug-likeness (QED) is 0.911. The Hall–Kier alpha value is -2.38. The fraction of sp³-hybridized carbons (Fsp3) is 0.429. The molecule has 0 atom stereocenters. The van der Waals surface area contributed by atoms with Crippen LogP contribution in [0.4, 0.5) is 24.1 Å². The largest absolute Gasteiger partial charge is 0.450 e. The number of ether oxygens (including phenoxy) is 1. The molecule has 1 aromatic carbocycles. The van der Waals surface area contributed by atoms with Crippen LogP contribution in [0.5, 0.6) is 0 Å². The summed E-state index contributed by atoms with van der Waals surface area (Å²) in [6.45, 7) is 3.33. The van der Waals surface area contributed by atoms with Gasteiger partial charge in [-0.05, 0) is 19.1 Å². The van der Waals surface area contributed by atoms with Crippen molar-refractivity contribution in [3.63, 3.8) is 0 Å². The van der Waals surface area contributed by atoms with E-state index in [1.54, 1.807) is 6.92 Å². The molecule has 1 aliphatic rings. The van der Waals surface area contributed by atoms with Gasteiger partial charge in [0.25, 0.3) is 0 Å². The van der Waals surface area contributed by atoms with Gasteiger partial charge in [-0.1, -0.05) is 0 Å². The van der Waals surface area contributed by atoms with E-state index in [9.17, 15) is 18.4 Å². The first-order valence-corrected chi connectivity index (χ1v) is 6.94. The van der Waals surface area contributed by atoms with Gasteiger partial charge in [0.1, 0.15) is 11.6 Å². The fourth-order valence-corrected chi connectivity index (χ4v) is 2.09. The second-order valence-electron chi connectivity index (χ2n) is 4.73. The second kappa shape index (κ2) is 7.06. The van der Waals surface area contributed by atoms with E-state index in [2.05, 4.69) is 5.32 Å². The summed E-state index contributed by atoms with van der Waals surface area (Å²) in [5, 5.41) is 2.39. The van der Waals surface area contributed by atoms with E-state index in [1.807, 2.05) is 0 Å². The van der Waals surface area contributed by atoms with Gasteiger partial charge in [-0.2, -0.15) is 0 Å². The highest BCUT2D eigenvalue weighted by Gasteiger charge is 2.25. The molecular weight excluding hydrogens is 296 g/mol. The summed E-state index contributed by atoms with van der Waals surface area (Å²) in [7, 11) is 0. The smallest absolute Gasteiger partial charge is 0.409 e. The molecule has 1 saturated heterocycles. The van der Waals surface area contributed by atoms with Crippen LogP contribution >= 0.6 is 0 Å². The van der Waals surface area contributed by atoms with Crippen molar-refractivity contribution in [1.82, 2.24) is 9.80 Å². The SMILES string of the molecule is CCOC(=O)N1CCN(C(=O)Nc2ccc(F)cc2F)CC1. The molecule has 6 nitrogen and oxygen atoms in total. The van der Waals surface area contributed by atoms with Gasteiger partial charge in [-0.3, -0.25) is 0 Å². The fourth-order valence-electron chi connectivity index (χ4n) is 2.09. The summed E-state index contributed by atoms with van der Waals surface area (Å²) in [6.07, 6.45) is -0.410. The van der Waals surface area contributed by atoms with E-state index in [-0.39, 0.29) is 5.69 Å². The lowest BCUT2D eigenvalue weighted by atomic mass is 10.3. The van der Waals surface area contributed by atoms with Gasteiger partial charge >= 0.3 is 12.1 Å². The maximum atomic E-state index is 13.5. The number of halogens is 2. The van der Waals surface area contributed by atoms with Gasteiger partial charge in [-0.15, -0.1) is 0 Å². The number of piperazine rings is 1. The van der Waals surface area contributed by atoms with Crippen molar-refractivity contribution in [1.29, 1.82) is 0 Å². The predicted octanol–water partition coefficient (Wildman–Crippen LogP) is 2.27. The Labute approximate surface area is 126 Å². The first kappa shape index (κ1) is 16.0. The minimum absolute atomic E-state index is 0.0841. The van der Waals surface area contributed by atoms with Crippen molar-refractivity contribution in [2.24, 2.45) is 0 Å². The Balaban J connectivity index is 1.88. The molecule has 0 aliphatic carbocycles. The Morgan fingerprint density at radius 2 is 1.82 bits per heavy atom. The minimum atomic E-state index is -0.835. The first-order chi connectivity index (χ1) is 10.5. The van der Waals surface area contributed by atoms with Crippen LogP contribution < -0.4 is 5.32 Å². The summed E-state index contributed by atoms with van der Waals surface area (Å²) in [5.74, 6) is -1.54. The zero-order chi connectivity index (χ0) is 16.1. The lowest BCUT2D eigenvalue weighted by Gasteiger charge is -2.34. The number of benzene rings is 1. The first-order valence-electron chi connectivity index (χ1n) is 6.94. The summed E-state index contributed by atoms with van der Waals surface area (Å²) in [4.78, 5) is 26.5. The zero-order valence-electron chi connectivity index (χ0n) is 12.1. The molecule has 1 heterocycles. The number of nitrogens with one attached hydrogen (secondary N) is 1. The summed E-state index contributed by atoms with van der Waals surface area (Å²) in [6, 6.07) is 2.44. The Morgan fingerprint density at radius 1 is 1.18 bits per heavy atom. The Morgan fingerprint density at radius 3 is 2.41 bits per heavy atom. The van der Waals surface area contributed by atoms with E-state index < -0.39 is 23.8 Å². The van der Waals surface area contributed by atoms with Crippen LogP contribution in [0.25, 0.3) is 0 Å². The van der Waals surface area contributed by atoms with Crippen molar-refractivity contribution in [3.8, 4) is 0 Å². The van der Waals surface area contributed by atoms with Gasteiger partial charge in [0.05, 0.1) is 12.3 Å². The summed E-state index contributed by atoms with van der Waals surface area (Å²) < 4.78 is 31.2. The van der Waals surface area contributed by atoms with Crippen LogP contribution in [0.15, 0.2) is 18.2 Å².